The topological polar surface area (TPSA) is 57.8 Å². The van der Waals surface area contributed by atoms with E-state index in [4.69, 9.17) is 11.6 Å². The molecule has 2 aromatic carbocycles. The lowest BCUT2D eigenvalue weighted by atomic mass is 10.1. The largest absolute Gasteiger partial charge is 0.320 e. The fourth-order valence-electron chi connectivity index (χ4n) is 2.38. The minimum absolute atomic E-state index is 0.224. The van der Waals surface area contributed by atoms with Crippen LogP contribution in [0.4, 0.5) is 5.69 Å². The first-order chi connectivity index (χ1) is 11.0. The van der Waals surface area contributed by atoms with Gasteiger partial charge in [-0.2, -0.15) is 5.10 Å². The molecule has 0 aliphatic heterocycles. The summed E-state index contributed by atoms with van der Waals surface area (Å²) in [4.78, 5) is 12.4. The highest BCUT2D eigenvalue weighted by Crippen LogP contribution is 2.22. The van der Waals surface area contributed by atoms with Crippen LogP contribution in [0.5, 0.6) is 0 Å². The first-order valence-electron chi connectivity index (χ1n) is 7.23. The molecule has 3 aromatic rings. The second-order valence-electron chi connectivity index (χ2n) is 5.45. The number of carbonyl (C=O) groups is 1. The molecular formula is C18H16ClN3O. The summed E-state index contributed by atoms with van der Waals surface area (Å²) in [6.45, 7) is 3.98. The maximum atomic E-state index is 12.4. The summed E-state index contributed by atoms with van der Waals surface area (Å²) in [6, 6.07) is 15.0. The van der Waals surface area contributed by atoms with Gasteiger partial charge >= 0.3 is 0 Å². The zero-order valence-electron chi connectivity index (χ0n) is 12.9. The summed E-state index contributed by atoms with van der Waals surface area (Å²) in [5.41, 5.74) is 4.91. The SMILES string of the molecule is Cc1ccc(NC(=O)c2cc(-c3cccc(Cl)c3)n[nH]2)c(C)c1. The van der Waals surface area contributed by atoms with Crippen molar-refractivity contribution in [1.82, 2.24) is 10.2 Å². The first kappa shape index (κ1) is 15.3. The van der Waals surface area contributed by atoms with Gasteiger partial charge in [-0.15, -0.1) is 0 Å². The van der Waals surface area contributed by atoms with E-state index >= 15 is 0 Å². The number of aryl methyl sites for hydroxylation is 2. The summed E-state index contributed by atoms with van der Waals surface area (Å²) in [7, 11) is 0. The zero-order valence-corrected chi connectivity index (χ0v) is 13.6. The third kappa shape index (κ3) is 3.43. The number of hydrogen-bond acceptors (Lipinski definition) is 2. The van der Waals surface area contributed by atoms with E-state index in [-0.39, 0.29) is 5.91 Å². The predicted octanol–water partition coefficient (Wildman–Crippen LogP) is 4.60. The molecule has 0 fully saturated rings. The monoisotopic (exact) mass is 325 g/mol. The Kier molecular flexibility index (Phi) is 4.17. The van der Waals surface area contributed by atoms with Crippen molar-refractivity contribution in [3.8, 4) is 11.3 Å². The van der Waals surface area contributed by atoms with Gasteiger partial charge in [-0.3, -0.25) is 9.89 Å². The van der Waals surface area contributed by atoms with E-state index in [1.165, 1.54) is 0 Å². The van der Waals surface area contributed by atoms with Crippen molar-refractivity contribution < 1.29 is 4.79 Å². The Morgan fingerprint density at radius 1 is 1.13 bits per heavy atom. The number of nitrogens with zero attached hydrogens (tertiary/aromatic N) is 1. The number of carbonyl (C=O) groups excluding carboxylic acids is 1. The lowest BCUT2D eigenvalue weighted by molar-refractivity contribution is 0.102. The van der Waals surface area contributed by atoms with Crippen molar-refractivity contribution in [2.24, 2.45) is 0 Å². The number of aromatic amines is 1. The van der Waals surface area contributed by atoms with Gasteiger partial charge in [0, 0.05) is 16.3 Å². The van der Waals surface area contributed by atoms with Crippen molar-refractivity contribution in [2.45, 2.75) is 13.8 Å². The van der Waals surface area contributed by atoms with E-state index < -0.39 is 0 Å². The first-order valence-corrected chi connectivity index (χ1v) is 7.61. The molecule has 0 bridgehead atoms. The number of benzene rings is 2. The summed E-state index contributed by atoms with van der Waals surface area (Å²) in [5, 5.41) is 10.5. The summed E-state index contributed by atoms with van der Waals surface area (Å²) >= 11 is 5.98. The Bertz CT molecular complexity index is 870. The third-order valence-corrected chi connectivity index (χ3v) is 3.81. The van der Waals surface area contributed by atoms with Gasteiger partial charge in [-0.25, -0.2) is 0 Å². The molecule has 0 spiro atoms. The maximum Gasteiger partial charge on any atom is 0.273 e. The Balaban J connectivity index is 1.81. The van der Waals surface area contributed by atoms with Gasteiger partial charge in [0.15, 0.2) is 0 Å². The van der Waals surface area contributed by atoms with Crippen molar-refractivity contribution in [3.63, 3.8) is 0 Å². The number of aromatic nitrogens is 2. The summed E-state index contributed by atoms with van der Waals surface area (Å²) < 4.78 is 0. The molecule has 0 radical (unpaired) electrons. The quantitative estimate of drug-likeness (QED) is 0.739. The predicted molar refractivity (Wildman–Crippen MR) is 92.9 cm³/mol. The van der Waals surface area contributed by atoms with Crippen LogP contribution in [0.3, 0.4) is 0 Å². The van der Waals surface area contributed by atoms with Crippen LogP contribution in [0.25, 0.3) is 11.3 Å². The van der Waals surface area contributed by atoms with Crippen LogP contribution >= 0.6 is 11.6 Å². The highest BCUT2D eigenvalue weighted by molar-refractivity contribution is 6.30. The van der Waals surface area contributed by atoms with Crippen molar-refractivity contribution in [3.05, 3.63) is 70.4 Å². The lowest BCUT2D eigenvalue weighted by Gasteiger charge is -2.07. The Morgan fingerprint density at radius 3 is 2.70 bits per heavy atom. The number of halogens is 1. The van der Waals surface area contributed by atoms with E-state index in [9.17, 15) is 4.79 Å². The number of rotatable bonds is 3. The number of hydrogen-bond donors (Lipinski definition) is 2. The van der Waals surface area contributed by atoms with Crippen molar-refractivity contribution in [1.29, 1.82) is 0 Å². The Morgan fingerprint density at radius 2 is 1.96 bits per heavy atom. The van der Waals surface area contributed by atoms with E-state index in [0.717, 1.165) is 22.4 Å². The van der Waals surface area contributed by atoms with Crippen molar-refractivity contribution in [2.75, 3.05) is 5.32 Å². The molecule has 0 atom stereocenters. The minimum Gasteiger partial charge on any atom is -0.320 e. The molecule has 1 amide bonds. The van der Waals surface area contributed by atoms with Crippen LogP contribution in [0.1, 0.15) is 21.6 Å². The normalized spacial score (nSPS) is 10.6. The van der Waals surface area contributed by atoms with Crippen LogP contribution in [-0.2, 0) is 0 Å². The molecule has 2 N–H and O–H groups in total. The van der Waals surface area contributed by atoms with Gasteiger partial charge in [0.1, 0.15) is 5.69 Å². The molecule has 0 saturated heterocycles. The van der Waals surface area contributed by atoms with Crippen LogP contribution in [0.2, 0.25) is 5.02 Å². The van der Waals surface area contributed by atoms with Gasteiger partial charge < -0.3 is 5.32 Å². The molecule has 3 rings (SSSR count). The number of H-pyrrole nitrogens is 1. The third-order valence-electron chi connectivity index (χ3n) is 3.57. The van der Waals surface area contributed by atoms with Crippen LogP contribution < -0.4 is 5.32 Å². The highest BCUT2D eigenvalue weighted by atomic mass is 35.5. The van der Waals surface area contributed by atoms with Crippen molar-refractivity contribution >= 4 is 23.2 Å². The fraction of sp³-hybridized carbons (Fsp3) is 0.111. The second kappa shape index (κ2) is 6.26. The van der Waals surface area contributed by atoms with Gasteiger partial charge in [0.05, 0.1) is 5.69 Å². The van der Waals surface area contributed by atoms with Crippen LogP contribution in [0.15, 0.2) is 48.5 Å². The van der Waals surface area contributed by atoms with E-state index in [2.05, 4.69) is 15.5 Å². The van der Waals surface area contributed by atoms with Gasteiger partial charge in [-0.1, -0.05) is 41.4 Å². The molecular weight excluding hydrogens is 310 g/mol. The summed E-state index contributed by atoms with van der Waals surface area (Å²) in [5.74, 6) is -0.224. The van der Waals surface area contributed by atoms with E-state index in [1.807, 2.05) is 50.2 Å². The van der Waals surface area contributed by atoms with E-state index in [0.29, 0.717) is 16.4 Å². The number of nitrogens with one attached hydrogen (secondary N) is 2. The van der Waals surface area contributed by atoms with Gasteiger partial charge in [0.25, 0.3) is 5.91 Å². The standard InChI is InChI=1S/C18H16ClN3O/c1-11-6-7-15(12(2)8-11)20-18(23)17-10-16(21-22-17)13-4-3-5-14(19)9-13/h3-10H,1-2H3,(H,20,23)(H,21,22). The molecule has 116 valence electrons. The molecule has 0 aliphatic rings. The molecule has 23 heavy (non-hydrogen) atoms. The molecule has 0 saturated carbocycles. The maximum absolute atomic E-state index is 12.4. The summed E-state index contributed by atoms with van der Waals surface area (Å²) in [6.07, 6.45) is 0. The fourth-order valence-corrected chi connectivity index (χ4v) is 2.57. The Labute approximate surface area is 139 Å². The minimum atomic E-state index is -0.224. The number of anilines is 1. The van der Waals surface area contributed by atoms with Gasteiger partial charge in [0.2, 0.25) is 0 Å². The number of amides is 1. The smallest absolute Gasteiger partial charge is 0.273 e. The second-order valence-corrected chi connectivity index (χ2v) is 5.89. The zero-order chi connectivity index (χ0) is 16.4. The van der Waals surface area contributed by atoms with Crippen LogP contribution in [0, 0.1) is 13.8 Å². The van der Waals surface area contributed by atoms with E-state index in [1.54, 1.807) is 12.1 Å². The molecule has 1 aromatic heterocycles. The highest BCUT2D eigenvalue weighted by Gasteiger charge is 2.12. The molecule has 5 heteroatoms. The Hall–Kier alpha value is -2.59. The molecule has 0 aliphatic carbocycles. The molecule has 4 nitrogen and oxygen atoms in total. The lowest BCUT2D eigenvalue weighted by Crippen LogP contribution is -2.13. The molecule has 1 heterocycles. The molecule has 0 unspecified atom stereocenters. The van der Waals surface area contributed by atoms with Gasteiger partial charge in [-0.05, 0) is 43.7 Å². The average Bonchev–Trinajstić information content (AvgIpc) is 3.00. The van der Waals surface area contributed by atoms with Crippen LogP contribution in [-0.4, -0.2) is 16.1 Å². The average molecular weight is 326 g/mol.